The standard InChI is InChI=1S/C21H25ClN6O2.C16H17ClN6.C10H6ClN5O.C10H20N2O2/c1-21(2,3)30-20(29)27-7-4-5-14(13-27)9-17-16(22)11-24-19(26-17)15-10-25-28-8-6-23-12-18(15)28;17-13-9-20-16(12-8-21-23-5-4-19-10-15(12)23)22-14(13)6-11-2-1-3-18-7-11;11-7-4-13-9(15-10(7)17)6-3-14-16-2-1-12-5-8(6)16;1-10(2,3)14-9(13)12-6-4-5-8(11)7-12/h6,8,10-12,14H,4-5,7,9,13H2,1-3H3;4-5,8-11,18H,1-3,6-7H2;1-5H,(H,13,15,17);8H,4-7,11H2,1-3H3/t14-;11-;;8-/m00.1/s1. The molecular weight excluding hydrogens is 1140 g/mol. The van der Waals surface area contributed by atoms with E-state index >= 15 is 0 Å². The van der Waals surface area contributed by atoms with Gasteiger partial charge in [0.1, 0.15) is 22.0 Å². The minimum Gasteiger partial charge on any atom is -0.444 e. The van der Waals surface area contributed by atoms with Gasteiger partial charge in [-0.05, 0) is 118 Å². The lowest BCUT2D eigenvalue weighted by atomic mass is 9.93. The van der Waals surface area contributed by atoms with E-state index in [0.29, 0.717) is 65.1 Å². The minimum atomic E-state index is -0.502. The number of halogens is 3. The molecule has 3 aliphatic heterocycles. The number of likely N-dealkylation sites (tertiary alicyclic amines) is 2. The van der Waals surface area contributed by atoms with Crippen LogP contribution in [0, 0.1) is 11.8 Å². The Balaban J connectivity index is 0.000000140. The molecule has 12 rings (SSSR count). The predicted octanol–water partition coefficient (Wildman–Crippen LogP) is 8.89. The van der Waals surface area contributed by atoms with Crippen LogP contribution in [-0.4, -0.2) is 152 Å². The summed E-state index contributed by atoms with van der Waals surface area (Å²) >= 11 is 18.4. The molecule has 9 aromatic rings. The van der Waals surface area contributed by atoms with Gasteiger partial charge < -0.3 is 35.3 Å². The van der Waals surface area contributed by atoms with Crippen LogP contribution in [0.25, 0.3) is 50.7 Å². The number of nitrogens with two attached hydrogens (primary N) is 1. The summed E-state index contributed by atoms with van der Waals surface area (Å²) in [6, 6.07) is 0.108. The number of aromatic amines is 1. The third-order valence-electron chi connectivity index (χ3n) is 13.7. The highest BCUT2D eigenvalue weighted by atomic mass is 35.5. The van der Waals surface area contributed by atoms with E-state index in [0.717, 1.165) is 90.8 Å². The van der Waals surface area contributed by atoms with E-state index in [2.05, 4.69) is 55.5 Å². The summed E-state index contributed by atoms with van der Waals surface area (Å²) in [5, 5.41) is 17.4. The Bertz CT molecular complexity index is 3760. The van der Waals surface area contributed by atoms with Crippen molar-refractivity contribution in [2.24, 2.45) is 17.6 Å². The number of carbonyl (C=O) groups is 2. The van der Waals surface area contributed by atoms with Gasteiger partial charge in [0.2, 0.25) is 0 Å². The fraction of sp³-hybridized carbons (Fsp3) is 0.439. The number of fused-ring (bicyclic) bond motifs is 3. The third-order valence-corrected chi connectivity index (χ3v) is 14.6. The summed E-state index contributed by atoms with van der Waals surface area (Å²) in [6.45, 7) is 16.1. The zero-order valence-electron chi connectivity index (χ0n) is 47.7. The van der Waals surface area contributed by atoms with E-state index < -0.39 is 11.2 Å². The number of piperidine rings is 3. The molecule has 3 fully saturated rings. The van der Waals surface area contributed by atoms with Crippen molar-refractivity contribution >= 4 is 63.5 Å². The lowest BCUT2D eigenvalue weighted by molar-refractivity contribution is 0.0163. The summed E-state index contributed by atoms with van der Waals surface area (Å²) in [5.74, 6) is 2.47. The maximum absolute atomic E-state index is 12.4. The van der Waals surface area contributed by atoms with Gasteiger partial charge in [0.15, 0.2) is 11.6 Å². The van der Waals surface area contributed by atoms with Crippen LogP contribution >= 0.6 is 34.8 Å². The highest BCUT2D eigenvalue weighted by Gasteiger charge is 2.30. The van der Waals surface area contributed by atoms with Crippen molar-refractivity contribution in [2.75, 3.05) is 39.3 Å². The van der Waals surface area contributed by atoms with E-state index in [4.69, 9.17) is 60.0 Å². The predicted molar refractivity (Wildman–Crippen MR) is 318 cm³/mol. The molecule has 0 radical (unpaired) electrons. The number of hydrogen-bond donors (Lipinski definition) is 3. The molecule has 3 saturated heterocycles. The first-order valence-corrected chi connectivity index (χ1v) is 28.9. The second-order valence-electron chi connectivity index (χ2n) is 22.7. The first-order valence-electron chi connectivity index (χ1n) is 27.8. The van der Waals surface area contributed by atoms with Crippen LogP contribution in [0.2, 0.25) is 15.1 Å². The van der Waals surface area contributed by atoms with Crippen molar-refractivity contribution in [1.29, 1.82) is 0 Å². The Kier molecular flexibility index (Phi) is 19.8. The van der Waals surface area contributed by atoms with Crippen molar-refractivity contribution in [2.45, 2.75) is 110 Å². The zero-order valence-corrected chi connectivity index (χ0v) is 50.0. The highest BCUT2D eigenvalue weighted by Crippen LogP contribution is 2.29. The number of H-pyrrole nitrogens is 1. The second-order valence-corrected chi connectivity index (χ2v) is 23.9. The van der Waals surface area contributed by atoms with Crippen LogP contribution in [-0.2, 0) is 22.3 Å². The molecule has 9 aromatic heterocycles. The summed E-state index contributed by atoms with van der Waals surface area (Å²) in [4.78, 5) is 76.1. The summed E-state index contributed by atoms with van der Waals surface area (Å²) in [5.41, 5.74) is 11.0. The third kappa shape index (κ3) is 16.1. The van der Waals surface area contributed by atoms with E-state index in [1.807, 2.05) is 47.7 Å². The normalized spacial score (nSPS) is 17.3. The molecule has 0 aliphatic carbocycles. The molecule has 27 heteroatoms. The minimum absolute atomic E-state index is 0.0587. The summed E-state index contributed by atoms with van der Waals surface area (Å²) < 4.78 is 15.9. The quantitative estimate of drug-likeness (QED) is 0.134. The Morgan fingerprint density at radius 2 is 1.06 bits per heavy atom. The fourth-order valence-electron chi connectivity index (χ4n) is 9.77. The topological polar surface area (TPSA) is 285 Å². The fourth-order valence-corrected chi connectivity index (χ4v) is 10.2. The van der Waals surface area contributed by atoms with Gasteiger partial charge in [0.05, 0.1) is 98.1 Å². The molecule has 3 aliphatic rings. The zero-order chi connectivity index (χ0) is 59.5. The molecule has 4 N–H and O–H groups in total. The van der Waals surface area contributed by atoms with Crippen molar-refractivity contribution in [3.05, 3.63) is 130 Å². The molecule has 0 unspecified atom stereocenters. The van der Waals surface area contributed by atoms with Gasteiger partial charge >= 0.3 is 12.2 Å². The maximum Gasteiger partial charge on any atom is 0.410 e. The lowest BCUT2D eigenvalue weighted by Gasteiger charge is -2.34. The molecule has 2 amide bonds. The molecule has 12 heterocycles. The number of nitrogens with zero attached hydrogens (tertiary/aromatic N) is 16. The van der Waals surface area contributed by atoms with Crippen molar-refractivity contribution in [3.63, 3.8) is 0 Å². The van der Waals surface area contributed by atoms with Gasteiger partial charge in [-0.1, -0.05) is 34.8 Å². The average molecular weight is 1210 g/mol. The van der Waals surface area contributed by atoms with Crippen LogP contribution in [0.15, 0.2) is 97.7 Å². The Morgan fingerprint density at radius 1 is 0.595 bits per heavy atom. The second kappa shape index (κ2) is 27.3. The Labute approximate surface area is 499 Å². The molecule has 0 bridgehead atoms. The maximum atomic E-state index is 12.4. The van der Waals surface area contributed by atoms with Crippen LogP contribution in [0.4, 0.5) is 9.59 Å². The van der Waals surface area contributed by atoms with E-state index in [9.17, 15) is 14.4 Å². The van der Waals surface area contributed by atoms with Crippen LogP contribution in [0.1, 0.15) is 91.5 Å². The molecule has 0 aromatic carbocycles. The van der Waals surface area contributed by atoms with Gasteiger partial charge in [-0.25, -0.2) is 48.1 Å². The lowest BCUT2D eigenvalue weighted by Crippen LogP contribution is -2.47. The van der Waals surface area contributed by atoms with Gasteiger partial charge in [0.25, 0.3) is 5.56 Å². The van der Waals surface area contributed by atoms with Crippen LogP contribution in [0.3, 0.4) is 0 Å². The number of aromatic nitrogens is 15. The van der Waals surface area contributed by atoms with Gasteiger partial charge in [-0.15, -0.1) is 0 Å². The van der Waals surface area contributed by atoms with Crippen molar-refractivity contribution in [1.82, 2.24) is 88.8 Å². The molecule has 442 valence electrons. The SMILES string of the molecule is CC(C)(C)OC(=O)N1CCC[C@@H](Cc2nc(-c3cnn4ccncc34)ncc2Cl)C1.CC(C)(C)OC(=O)N1CCC[C@@H](N)C1.Clc1cnc(-c2cnn3ccncc23)nc1C[C@@H]1CCCNC1.O=c1[nH]c(-c2cnn3ccncc23)ncc1Cl. The van der Waals surface area contributed by atoms with E-state index in [1.165, 1.54) is 19.0 Å². The summed E-state index contributed by atoms with van der Waals surface area (Å²) in [6.07, 6.45) is 32.6. The van der Waals surface area contributed by atoms with Gasteiger partial charge in [-0.2, -0.15) is 15.3 Å². The van der Waals surface area contributed by atoms with Crippen LogP contribution < -0.4 is 16.6 Å². The molecule has 0 saturated carbocycles. The Morgan fingerprint density at radius 3 is 1.55 bits per heavy atom. The number of hydrogen-bond acceptors (Lipinski definition) is 18. The monoisotopic (exact) mass is 1200 g/mol. The van der Waals surface area contributed by atoms with Crippen molar-refractivity contribution in [3.8, 4) is 34.2 Å². The molecular formula is C57H68Cl3N19O5. The molecule has 84 heavy (non-hydrogen) atoms. The van der Waals surface area contributed by atoms with Crippen LogP contribution in [0.5, 0.6) is 0 Å². The molecule has 24 nitrogen and oxygen atoms in total. The number of amides is 2. The summed E-state index contributed by atoms with van der Waals surface area (Å²) in [7, 11) is 0. The van der Waals surface area contributed by atoms with E-state index in [-0.39, 0.29) is 34.7 Å². The Hall–Kier alpha value is -7.77. The highest BCUT2D eigenvalue weighted by molar-refractivity contribution is 6.31. The van der Waals surface area contributed by atoms with Gasteiger partial charge in [0, 0.05) is 81.8 Å². The van der Waals surface area contributed by atoms with Gasteiger partial charge in [-0.3, -0.25) is 19.7 Å². The van der Waals surface area contributed by atoms with Crippen molar-refractivity contribution < 1.29 is 19.1 Å². The number of ether oxygens (including phenoxy) is 2. The largest absolute Gasteiger partial charge is 0.444 e. The number of nitrogens with one attached hydrogen (secondary N) is 2. The number of rotatable bonds is 7. The molecule has 0 spiro atoms. The first-order chi connectivity index (χ1) is 40.2. The smallest absolute Gasteiger partial charge is 0.410 e. The molecule has 3 atom stereocenters. The number of carbonyl (C=O) groups excluding carboxylic acids is 2. The first kappa shape index (κ1) is 60.8. The average Bonchev–Trinajstić information content (AvgIpc) is 4.05. The van der Waals surface area contributed by atoms with E-state index in [1.54, 1.807) is 104 Å².